The van der Waals surface area contributed by atoms with Gasteiger partial charge in [-0.2, -0.15) is 0 Å². The number of anilines is 1. The lowest BCUT2D eigenvalue weighted by Crippen LogP contribution is -2.05. The van der Waals surface area contributed by atoms with E-state index in [0.29, 0.717) is 11.1 Å². The van der Waals surface area contributed by atoms with Crippen LogP contribution < -0.4 is 5.32 Å². The van der Waals surface area contributed by atoms with Crippen LogP contribution in [0, 0.1) is 0 Å². The molecule has 0 amide bonds. The van der Waals surface area contributed by atoms with Gasteiger partial charge in [0.1, 0.15) is 9.98 Å². The molecule has 1 aliphatic carbocycles. The number of nitrogens with zero attached hydrogens (tertiary/aromatic N) is 2. The second kappa shape index (κ2) is 5.63. The van der Waals surface area contributed by atoms with E-state index in [1.807, 2.05) is 0 Å². The minimum absolute atomic E-state index is 0.614. The lowest BCUT2D eigenvalue weighted by atomic mass is 9.97. The topological polar surface area (TPSA) is 37.8 Å². The van der Waals surface area contributed by atoms with Crippen LogP contribution >= 0.6 is 22.9 Å². The molecule has 0 saturated heterocycles. The highest BCUT2D eigenvalue weighted by atomic mass is 35.5. The molecular weight excluding hydrogens is 278 g/mol. The van der Waals surface area contributed by atoms with Crippen LogP contribution in [0.5, 0.6) is 0 Å². The average Bonchev–Trinajstić information content (AvgIpc) is 2.77. The van der Waals surface area contributed by atoms with Crippen molar-refractivity contribution >= 4 is 39.1 Å². The molecule has 3 rings (SSSR count). The zero-order chi connectivity index (χ0) is 13.2. The molecule has 0 bridgehead atoms. The summed E-state index contributed by atoms with van der Waals surface area (Å²) in [6.07, 6.45) is 7.13. The van der Waals surface area contributed by atoms with E-state index in [0.717, 1.165) is 36.0 Å². The van der Waals surface area contributed by atoms with Crippen molar-refractivity contribution in [2.24, 2.45) is 0 Å². The molecular formula is C14H18ClN3S. The molecule has 0 unspecified atom stereocenters. The normalized spacial score (nSPS) is 14.6. The smallest absolute Gasteiger partial charge is 0.225 e. The van der Waals surface area contributed by atoms with E-state index in [1.54, 1.807) is 11.3 Å². The summed E-state index contributed by atoms with van der Waals surface area (Å²) in [5.74, 6) is 0.671. The molecule has 0 radical (unpaired) electrons. The highest BCUT2D eigenvalue weighted by Crippen LogP contribution is 2.38. The predicted octanol–water partition coefficient (Wildman–Crippen LogP) is 4.44. The van der Waals surface area contributed by atoms with Crippen molar-refractivity contribution in [2.75, 3.05) is 11.9 Å². The summed E-state index contributed by atoms with van der Waals surface area (Å²) in [4.78, 5) is 11.5. The molecule has 5 heteroatoms. The number of hydrogen-bond donors (Lipinski definition) is 1. The Kier molecular flexibility index (Phi) is 3.89. The molecule has 102 valence electrons. The summed E-state index contributed by atoms with van der Waals surface area (Å²) in [6, 6.07) is 0. The highest BCUT2D eigenvalue weighted by Gasteiger charge is 2.20. The molecule has 0 spiro atoms. The van der Waals surface area contributed by atoms with Gasteiger partial charge >= 0.3 is 0 Å². The Morgan fingerprint density at radius 2 is 2.11 bits per heavy atom. The van der Waals surface area contributed by atoms with Gasteiger partial charge in [0, 0.05) is 11.4 Å². The van der Waals surface area contributed by atoms with E-state index >= 15 is 0 Å². The Bertz CT molecular complexity index is 594. The Labute approximate surface area is 122 Å². The third-order valence-corrected chi connectivity index (χ3v) is 5.04. The van der Waals surface area contributed by atoms with Crippen molar-refractivity contribution in [3.63, 3.8) is 0 Å². The van der Waals surface area contributed by atoms with Gasteiger partial charge in [-0.25, -0.2) is 9.97 Å². The van der Waals surface area contributed by atoms with Gasteiger partial charge in [-0.05, 0) is 37.7 Å². The Hall–Kier alpha value is -0.870. The minimum atomic E-state index is 0.614. The van der Waals surface area contributed by atoms with Crippen LogP contribution in [-0.4, -0.2) is 16.5 Å². The maximum absolute atomic E-state index is 6.37. The molecule has 2 aromatic rings. The quantitative estimate of drug-likeness (QED) is 0.669. The second-order valence-corrected chi connectivity index (χ2v) is 6.45. The number of thiophene rings is 1. The molecule has 0 aromatic carbocycles. The first-order chi connectivity index (χ1) is 9.29. The SMILES string of the molecule is CCCCNc1nc(Cl)c2c3c(sc2n1)CCCC3. The monoisotopic (exact) mass is 295 g/mol. The summed E-state index contributed by atoms with van der Waals surface area (Å²) >= 11 is 8.16. The fraction of sp³-hybridized carbons (Fsp3) is 0.571. The minimum Gasteiger partial charge on any atom is -0.354 e. The Balaban J connectivity index is 1.97. The van der Waals surface area contributed by atoms with Crippen molar-refractivity contribution in [3.8, 4) is 0 Å². The van der Waals surface area contributed by atoms with Crippen LogP contribution in [0.1, 0.15) is 43.0 Å². The zero-order valence-corrected chi connectivity index (χ0v) is 12.7. The highest BCUT2D eigenvalue weighted by molar-refractivity contribution is 7.19. The number of aryl methyl sites for hydroxylation is 2. The first-order valence-corrected chi connectivity index (χ1v) is 8.20. The largest absolute Gasteiger partial charge is 0.354 e. The summed E-state index contributed by atoms with van der Waals surface area (Å²) in [6.45, 7) is 3.08. The lowest BCUT2D eigenvalue weighted by molar-refractivity contribution is 0.700. The Morgan fingerprint density at radius 1 is 1.26 bits per heavy atom. The van der Waals surface area contributed by atoms with Gasteiger partial charge in [-0.15, -0.1) is 11.3 Å². The van der Waals surface area contributed by atoms with Crippen molar-refractivity contribution in [2.45, 2.75) is 45.4 Å². The summed E-state index contributed by atoms with van der Waals surface area (Å²) < 4.78 is 0. The number of unbranched alkanes of at least 4 members (excludes halogenated alkanes) is 1. The number of rotatable bonds is 4. The van der Waals surface area contributed by atoms with Gasteiger partial charge in [-0.1, -0.05) is 24.9 Å². The molecule has 0 fully saturated rings. The molecule has 0 atom stereocenters. The van der Waals surface area contributed by atoms with Gasteiger partial charge in [0.2, 0.25) is 5.95 Å². The molecule has 1 N–H and O–H groups in total. The van der Waals surface area contributed by atoms with E-state index in [9.17, 15) is 0 Å². The number of hydrogen-bond acceptors (Lipinski definition) is 4. The number of nitrogens with one attached hydrogen (secondary N) is 1. The molecule has 0 saturated carbocycles. The van der Waals surface area contributed by atoms with Crippen LogP contribution in [0.4, 0.5) is 5.95 Å². The summed E-state index contributed by atoms with van der Waals surface area (Å²) in [7, 11) is 0. The molecule has 0 aliphatic heterocycles. The molecule has 3 nitrogen and oxygen atoms in total. The molecule has 2 aromatic heterocycles. The van der Waals surface area contributed by atoms with Crippen LogP contribution in [-0.2, 0) is 12.8 Å². The van der Waals surface area contributed by atoms with E-state index in [-0.39, 0.29) is 0 Å². The first kappa shape index (κ1) is 13.1. The Morgan fingerprint density at radius 3 is 2.95 bits per heavy atom. The van der Waals surface area contributed by atoms with Crippen LogP contribution in [0.3, 0.4) is 0 Å². The van der Waals surface area contributed by atoms with Gasteiger partial charge in [0.25, 0.3) is 0 Å². The van der Waals surface area contributed by atoms with Gasteiger partial charge in [0.05, 0.1) is 5.39 Å². The first-order valence-electron chi connectivity index (χ1n) is 7.01. The summed E-state index contributed by atoms with van der Waals surface area (Å²) in [5.41, 5.74) is 1.40. The average molecular weight is 296 g/mol. The zero-order valence-electron chi connectivity index (χ0n) is 11.1. The fourth-order valence-corrected chi connectivity index (χ4v) is 4.17. The molecule has 1 aliphatic rings. The van der Waals surface area contributed by atoms with Crippen LogP contribution in [0.25, 0.3) is 10.2 Å². The second-order valence-electron chi connectivity index (χ2n) is 5.01. The van der Waals surface area contributed by atoms with Crippen LogP contribution in [0.2, 0.25) is 5.15 Å². The third kappa shape index (κ3) is 2.56. The fourth-order valence-electron chi connectivity index (χ4n) is 2.57. The van der Waals surface area contributed by atoms with Crippen molar-refractivity contribution < 1.29 is 0 Å². The van der Waals surface area contributed by atoms with Crippen molar-refractivity contribution in [3.05, 3.63) is 15.6 Å². The van der Waals surface area contributed by atoms with E-state index < -0.39 is 0 Å². The van der Waals surface area contributed by atoms with Crippen LogP contribution in [0.15, 0.2) is 0 Å². The molecule has 19 heavy (non-hydrogen) atoms. The van der Waals surface area contributed by atoms with Gasteiger partial charge in [-0.3, -0.25) is 0 Å². The van der Waals surface area contributed by atoms with Gasteiger partial charge in [0.15, 0.2) is 0 Å². The van der Waals surface area contributed by atoms with Gasteiger partial charge < -0.3 is 5.32 Å². The predicted molar refractivity (Wildman–Crippen MR) is 82.5 cm³/mol. The number of fused-ring (bicyclic) bond motifs is 3. The standard InChI is InChI=1S/C14H18ClN3S/c1-2-3-8-16-14-17-12(15)11-9-6-4-5-7-10(9)19-13(11)18-14/h2-8H2,1H3,(H,16,17,18). The number of halogens is 1. The molecule has 2 heterocycles. The lowest BCUT2D eigenvalue weighted by Gasteiger charge is -2.10. The summed E-state index contributed by atoms with van der Waals surface area (Å²) in [5, 5.41) is 4.97. The maximum Gasteiger partial charge on any atom is 0.225 e. The number of aromatic nitrogens is 2. The van der Waals surface area contributed by atoms with E-state index in [1.165, 1.54) is 29.7 Å². The van der Waals surface area contributed by atoms with Crippen molar-refractivity contribution in [1.29, 1.82) is 0 Å². The maximum atomic E-state index is 6.37. The van der Waals surface area contributed by atoms with Crippen molar-refractivity contribution in [1.82, 2.24) is 9.97 Å². The van der Waals surface area contributed by atoms with E-state index in [4.69, 9.17) is 11.6 Å². The van der Waals surface area contributed by atoms with E-state index in [2.05, 4.69) is 22.2 Å². The third-order valence-electron chi connectivity index (χ3n) is 3.58.